The van der Waals surface area contributed by atoms with Crippen LogP contribution in [0.4, 0.5) is 0 Å². The molecule has 1 heterocycles. The van der Waals surface area contributed by atoms with Crippen molar-refractivity contribution in [2.45, 2.75) is 13.5 Å². The number of aliphatic imine (C=N–C) groups is 1. The molecule has 0 radical (unpaired) electrons. The Labute approximate surface area is 176 Å². The fourth-order valence-electron chi connectivity index (χ4n) is 2.16. The van der Waals surface area contributed by atoms with E-state index in [2.05, 4.69) is 31.0 Å². The first-order valence-corrected chi connectivity index (χ1v) is 8.41. The maximum atomic E-state index is 12.1. The van der Waals surface area contributed by atoms with Crippen molar-refractivity contribution in [3.05, 3.63) is 42.0 Å². The third-order valence-corrected chi connectivity index (χ3v) is 3.58. The highest BCUT2D eigenvalue weighted by atomic mass is 127. The summed E-state index contributed by atoms with van der Waals surface area (Å²) in [6, 6.07) is 6.98. The maximum absolute atomic E-state index is 12.1. The van der Waals surface area contributed by atoms with E-state index < -0.39 is 0 Å². The first-order valence-electron chi connectivity index (χ1n) is 8.41. The van der Waals surface area contributed by atoms with Crippen LogP contribution in [-0.4, -0.2) is 53.4 Å². The number of benzene rings is 1. The molecule has 2 aromatic rings. The van der Waals surface area contributed by atoms with Crippen molar-refractivity contribution >= 4 is 35.8 Å². The Morgan fingerprint density at radius 2 is 1.89 bits per heavy atom. The summed E-state index contributed by atoms with van der Waals surface area (Å²) < 4.78 is 6.76. The summed E-state index contributed by atoms with van der Waals surface area (Å²) in [5.41, 5.74) is 0.591. The van der Waals surface area contributed by atoms with Gasteiger partial charge in [-0.1, -0.05) is 0 Å². The Bertz CT molecular complexity index is 731. The van der Waals surface area contributed by atoms with E-state index in [0.717, 1.165) is 18.1 Å². The lowest BCUT2D eigenvalue weighted by atomic mass is 10.2. The van der Waals surface area contributed by atoms with Gasteiger partial charge >= 0.3 is 0 Å². The van der Waals surface area contributed by atoms with Crippen molar-refractivity contribution < 1.29 is 9.53 Å². The average Bonchev–Trinajstić information content (AvgIpc) is 3.07. The third kappa shape index (κ3) is 7.41. The molecule has 10 heteroatoms. The molecule has 0 unspecified atom stereocenters. The molecule has 27 heavy (non-hydrogen) atoms. The van der Waals surface area contributed by atoms with E-state index >= 15 is 0 Å². The minimum absolute atomic E-state index is 0. The fourth-order valence-corrected chi connectivity index (χ4v) is 2.16. The molecule has 1 aromatic carbocycles. The molecule has 0 saturated carbocycles. The van der Waals surface area contributed by atoms with Crippen molar-refractivity contribution in [2.24, 2.45) is 12.0 Å². The number of aromatic nitrogens is 3. The van der Waals surface area contributed by atoms with Crippen LogP contribution in [-0.2, 0) is 13.6 Å². The summed E-state index contributed by atoms with van der Waals surface area (Å²) in [7, 11) is 3.42. The molecule has 0 aliphatic heterocycles. The van der Waals surface area contributed by atoms with E-state index in [1.54, 1.807) is 36.1 Å². The molecule has 0 atom stereocenters. The van der Waals surface area contributed by atoms with E-state index in [-0.39, 0.29) is 29.9 Å². The Morgan fingerprint density at radius 3 is 2.48 bits per heavy atom. The number of hydrogen-bond donors (Lipinski definition) is 3. The molecular weight excluding hydrogens is 461 g/mol. The van der Waals surface area contributed by atoms with Gasteiger partial charge in [0.15, 0.2) is 5.96 Å². The van der Waals surface area contributed by atoms with E-state index in [1.165, 1.54) is 6.33 Å². The predicted molar refractivity (Wildman–Crippen MR) is 115 cm³/mol. The zero-order valence-electron chi connectivity index (χ0n) is 15.7. The second kappa shape index (κ2) is 12.1. The summed E-state index contributed by atoms with van der Waals surface area (Å²) in [5.74, 6) is 2.03. The van der Waals surface area contributed by atoms with Gasteiger partial charge in [-0.05, 0) is 31.2 Å². The highest BCUT2D eigenvalue weighted by Gasteiger charge is 2.05. The Balaban J connectivity index is 0.00000364. The number of aryl methyl sites for hydroxylation is 1. The topological polar surface area (TPSA) is 105 Å². The number of rotatable bonds is 8. The summed E-state index contributed by atoms with van der Waals surface area (Å²) in [4.78, 5) is 20.7. The van der Waals surface area contributed by atoms with Crippen LogP contribution in [0.25, 0.3) is 0 Å². The van der Waals surface area contributed by atoms with Crippen LogP contribution in [0.2, 0.25) is 0 Å². The molecular formula is C17H26IN7O2. The molecule has 0 spiro atoms. The number of carbonyl (C=O) groups is 1. The van der Waals surface area contributed by atoms with Crippen LogP contribution in [0, 0.1) is 0 Å². The Kier molecular flexibility index (Phi) is 10.2. The summed E-state index contributed by atoms with van der Waals surface area (Å²) >= 11 is 0. The van der Waals surface area contributed by atoms with Crippen molar-refractivity contribution in [3.63, 3.8) is 0 Å². The van der Waals surface area contributed by atoms with Gasteiger partial charge in [0.05, 0.1) is 7.11 Å². The monoisotopic (exact) mass is 487 g/mol. The molecule has 0 aliphatic carbocycles. The van der Waals surface area contributed by atoms with Crippen molar-refractivity contribution in [1.82, 2.24) is 30.7 Å². The second-order valence-corrected chi connectivity index (χ2v) is 5.41. The van der Waals surface area contributed by atoms with Gasteiger partial charge in [-0.3, -0.25) is 9.48 Å². The molecule has 1 aromatic heterocycles. The molecule has 3 N–H and O–H groups in total. The second-order valence-electron chi connectivity index (χ2n) is 5.41. The van der Waals surface area contributed by atoms with Crippen LogP contribution >= 0.6 is 24.0 Å². The first kappa shape index (κ1) is 22.7. The quantitative estimate of drug-likeness (QED) is 0.222. The van der Waals surface area contributed by atoms with Crippen LogP contribution in [0.1, 0.15) is 23.1 Å². The minimum Gasteiger partial charge on any atom is -0.497 e. The maximum Gasteiger partial charge on any atom is 0.251 e. The molecule has 0 fully saturated rings. The largest absolute Gasteiger partial charge is 0.497 e. The van der Waals surface area contributed by atoms with Crippen LogP contribution in [0.15, 0.2) is 35.6 Å². The lowest BCUT2D eigenvalue weighted by Crippen LogP contribution is -2.41. The van der Waals surface area contributed by atoms with E-state index in [0.29, 0.717) is 31.2 Å². The normalized spacial score (nSPS) is 10.7. The smallest absolute Gasteiger partial charge is 0.251 e. The molecule has 0 aliphatic rings. The van der Waals surface area contributed by atoms with E-state index in [1.807, 2.05) is 14.0 Å². The predicted octanol–water partition coefficient (Wildman–Crippen LogP) is 0.927. The van der Waals surface area contributed by atoms with Crippen LogP contribution < -0.4 is 20.7 Å². The number of ether oxygens (including phenoxy) is 1. The van der Waals surface area contributed by atoms with Crippen LogP contribution in [0.5, 0.6) is 5.75 Å². The first-order chi connectivity index (χ1) is 12.6. The lowest BCUT2D eigenvalue weighted by molar-refractivity contribution is 0.0954. The highest BCUT2D eigenvalue weighted by Crippen LogP contribution is 2.10. The minimum atomic E-state index is -0.129. The van der Waals surface area contributed by atoms with Gasteiger partial charge in [-0.2, -0.15) is 5.10 Å². The number of guanidine groups is 1. The number of nitrogens with zero attached hydrogens (tertiary/aromatic N) is 4. The number of methoxy groups -OCH3 is 1. The van der Waals surface area contributed by atoms with Gasteiger partial charge in [0, 0.05) is 32.2 Å². The van der Waals surface area contributed by atoms with Gasteiger partial charge in [0.25, 0.3) is 5.91 Å². The molecule has 1 amide bonds. The van der Waals surface area contributed by atoms with Gasteiger partial charge in [-0.15, -0.1) is 24.0 Å². The van der Waals surface area contributed by atoms with Crippen molar-refractivity contribution in [2.75, 3.05) is 26.7 Å². The molecule has 2 rings (SSSR count). The Morgan fingerprint density at radius 1 is 1.19 bits per heavy atom. The molecule has 9 nitrogen and oxygen atoms in total. The zero-order valence-corrected chi connectivity index (χ0v) is 18.1. The Hall–Kier alpha value is -2.37. The SMILES string of the molecule is CCNC(=NCc1ncnn1C)NCCNC(=O)c1ccc(OC)cc1.I. The summed E-state index contributed by atoms with van der Waals surface area (Å²) in [5, 5.41) is 13.2. The zero-order chi connectivity index (χ0) is 18.8. The lowest BCUT2D eigenvalue weighted by Gasteiger charge is -2.12. The van der Waals surface area contributed by atoms with Gasteiger partial charge in [-0.25, -0.2) is 9.98 Å². The summed E-state index contributed by atoms with van der Waals surface area (Å²) in [6.45, 7) is 4.17. The van der Waals surface area contributed by atoms with Gasteiger partial charge in [0.2, 0.25) is 0 Å². The number of hydrogen-bond acceptors (Lipinski definition) is 5. The van der Waals surface area contributed by atoms with Gasteiger partial charge < -0.3 is 20.7 Å². The summed E-state index contributed by atoms with van der Waals surface area (Å²) in [6.07, 6.45) is 1.50. The molecule has 0 bridgehead atoms. The van der Waals surface area contributed by atoms with Crippen molar-refractivity contribution in [1.29, 1.82) is 0 Å². The standard InChI is InChI=1S/C17H25N7O2.HI/c1-4-18-17(21-11-15-22-12-23-24(15)2)20-10-9-19-16(25)13-5-7-14(26-3)8-6-13;/h5-8,12H,4,9-11H2,1-3H3,(H,19,25)(H2,18,20,21);1H. The molecule has 0 saturated heterocycles. The number of halogens is 1. The highest BCUT2D eigenvalue weighted by molar-refractivity contribution is 14.0. The molecule has 148 valence electrons. The van der Waals surface area contributed by atoms with Crippen molar-refractivity contribution in [3.8, 4) is 5.75 Å². The number of carbonyl (C=O) groups excluding carboxylic acids is 1. The fraction of sp³-hybridized carbons (Fsp3) is 0.412. The van der Waals surface area contributed by atoms with Gasteiger partial charge in [0.1, 0.15) is 24.4 Å². The number of nitrogens with one attached hydrogen (secondary N) is 3. The number of amides is 1. The average molecular weight is 487 g/mol. The van der Waals surface area contributed by atoms with E-state index in [9.17, 15) is 4.79 Å². The van der Waals surface area contributed by atoms with Crippen LogP contribution in [0.3, 0.4) is 0 Å². The van der Waals surface area contributed by atoms with E-state index in [4.69, 9.17) is 4.74 Å². The third-order valence-electron chi connectivity index (χ3n) is 3.58.